The summed E-state index contributed by atoms with van der Waals surface area (Å²) >= 11 is 0. The molecule has 0 unspecified atom stereocenters. The molecule has 0 spiro atoms. The van der Waals surface area contributed by atoms with Gasteiger partial charge >= 0.3 is 0 Å². The summed E-state index contributed by atoms with van der Waals surface area (Å²) in [6, 6.07) is 12.5. The lowest BCUT2D eigenvalue weighted by Crippen LogP contribution is -2.53. The Morgan fingerprint density at radius 1 is 0.661 bits per heavy atom. The molecule has 0 fully saturated rings. The Balaban J connectivity index is 0.000000236. The SMILES string of the molecule is CNC(=O)[C@@H](NC(=O)c1nc(-c2ccc(F)c(C(N)=O)c2)n2c1CN(C)CCC2)C(C)(C)C.CNC(=O)[C@@H](NC(=O)c1nc(-c2ccccc2)n2c1CN(C)CCC2)C(C)(C)C. The van der Waals surface area contributed by atoms with E-state index in [0.717, 1.165) is 49.6 Å². The number of halogens is 1. The molecule has 5 amide bonds. The van der Waals surface area contributed by atoms with Crippen molar-refractivity contribution in [1.82, 2.24) is 50.2 Å². The van der Waals surface area contributed by atoms with E-state index in [2.05, 4.69) is 47.7 Å². The van der Waals surface area contributed by atoms with Crippen LogP contribution in [0.1, 0.15) is 97.1 Å². The van der Waals surface area contributed by atoms with Crippen LogP contribution in [0.5, 0.6) is 0 Å². The molecule has 2 aliphatic rings. The zero-order valence-corrected chi connectivity index (χ0v) is 37.6. The Kier molecular flexibility index (Phi) is 14.7. The van der Waals surface area contributed by atoms with Crippen molar-refractivity contribution in [2.45, 2.75) is 92.6 Å². The summed E-state index contributed by atoms with van der Waals surface area (Å²) in [6.07, 6.45) is 1.81. The first kappa shape index (κ1) is 47.1. The number of rotatable bonds is 9. The van der Waals surface area contributed by atoms with Gasteiger partial charge in [0, 0.05) is 51.4 Å². The maximum absolute atomic E-state index is 14.1. The molecule has 2 atom stereocenters. The highest BCUT2D eigenvalue weighted by atomic mass is 19.1. The summed E-state index contributed by atoms with van der Waals surface area (Å²) in [5.41, 5.74) is 7.77. The average Bonchev–Trinajstić information content (AvgIpc) is 3.59. The van der Waals surface area contributed by atoms with Crippen molar-refractivity contribution in [2.24, 2.45) is 16.6 Å². The lowest BCUT2D eigenvalue weighted by molar-refractivity contribution is -0.125. The predicted molar refractivity (Wildman–Crippen MR) is 235 cm³/mol. The minimum Gasteiger partial charge on any atom is -0.366 e. The molecule has 0 bridgehead atoms. The zero-order chi connectivity index (χ0) is 45.7. The van der Waals surface area contributed by atoms with Crippen molar-refractivity contribution in [1.29, 1.82) is 0 Å². The molecule has 6 rings (SSSR count). The molecule has 17 heteroatoms. The second-order valence-electron chi connectivity index (χ2n) is 18.1. The van der Waals surface area contributed by atoms with Gasteiger partial charge in [-0.15, -0.1) is 0 Å². The first-order chi connectivity index (χ1) is 29.2. The molecule has 4 heterocycles. The molecule has 334 valence electrons. The van der Waals surface area contributed by atoms with Crippen LogP contribution >= 0.6 is 0 Å². The van der Waals surface area contributed by atoms with E-state index in [1.807, 2.05) is 83.5 Å². The van der Waals surface area contributed by atoms with Gasteiger partial charge in [-0.2, -0.15) is 0 Å². The molecule has 6 N–H and O–H groups in total. The number of carbonyl (C=O) groups excluding carboxylic acids is 5. The van der Waals surface area contributed by atoms with Gasteiger partial charge in [0.2, 0.25) is 11.8 Å². The Bertz CT molecular complexity index is 2290. The summed E-state index contributed by atoms with van der Waals surface area (Å²) < 4.78 is 18.1. The van der Waals surface area contributed by atoms with Crippen LogP contribution < -0.4 is 27.0 Å². The van der Waals surface area contributed by atoms with E-state index < -0.39 is 40.5 Å². The molecule has 2 aromatic carbocycles. The van der Waals surface area contributed by atoms with Gasteiger partial charge in [0.1, 0.15) is 29.5 Å². The Labute approximate surface area is 363 Å². The van der Waals surface area contributed by atoms with Crippen LogP contribution in [0.15, 0.2) is 48.5 Å². The normalized spacial score (nSPS) is 15.6. The minimum absolute atomic E-state index is 0.196. The number of benzene rings is 2. The number of likely N-dealkylation sites (N-methyl/N-ethyl adjacent to an activating group) is 2. The van der Waals surface area contributed by atoms with Gasteiger partial charge in [0.05, 0.1) is 17.0 Å². The van der Waals surface area contributed by atoms with E-state index in [1.54, 1.807) is 7.05 Å². The van der Waals surface area contributed by atoms with Crippen LogP contribution in [0.2, 0.25) is 0 Å². The van der Waals surface area contributed by atoms with Crippen molar-refractivity contribution >= 4 is 29.5 Å². The van der Waals surface area contributed by atoms with Gasteiger partial charge < -0.3 is 45.9 Å². The first-order valence-electron chi connectivity index (χ1n) is 20.9. The fourth-order valence-electron chi connectivity index (χ4n) is 7.73. The van der Waals surface area contributed by atoms with Crippen LogP contribution in [-0.4, -0.2) is 112 Å². The molecule has 2 aliphatic heterocycles. The molecule has 0 radical (unpaired) electrons. The van der Waals surface area contributed by atoms with E-state index in [-0.39, 0.29) is 29.0 Å². The highest BCUT2D eigenvalue weighted by Crippen LogP contribution is 2.30. The second-order valence-corrected chi connectivity index (χ2v) is 18.1. The van der Waals surface area contributed by atoms with Crippen LogP contribution in [0, 0.1) is 16.6 Å². The van der Waals surface area contributed by atoms with Crippen molar-refractivity contribution in [3.8, 4) is 22.8 Å². The number of hydrogen-bond acceptors (Lipinski definition) is 9. The summed E-state index contributed by atoms with van der Waals surface area (Å²) in [5, 5.41) is 11.0. The third-order valence-electron chi connectivity index (χ3n) is 11.1. The topological polar surface area (TPSA) is 202 Å². The van der Waals surface area contributed by atoms with Crippen LogP contribution in [0.25, 0.3) is 22.8 Å². The third-order valence-corrected chi connectivity index (χ3v) is 11.1. The van der Waals surface area contributed by atoms with Gasteiger partial charge in [0.15, 0.2) is 11.4 Å². The van der Waals surface area contributed by atoms with Gasteiger partial charge in [-0.3, -0.25) is 24.0 Å². The number of primary amides is 1. The third kappa shape index (κ3) is 10.7. The van der Waals surface area contributed by atoms with E-state index in [4.69, 9.17) is 10.7 Å². The number of amides is 5. The van der Waals surface area contributed by atoms with Crippen molar-refractivity contribution in [2.75, 3.05) is 41.3 Å². The summed E-state index contributed by atoms with van der Waals surface area (Å²) in [4.78, 5) is 76.8. The molecule has 0 aliphatic carbocycles. The molecule has 0 saturated carbocycles. The number of nitrogens with two attached hydrogens (primary N) is 1. The lowest BCUT2D eigenvalue weighted by Gasteiger charge is -2.29. The van der Waals surface area contributed by atoms with Gasteiger partial charge in [-0.25, -0.2) is 14.4 Å². The van der Waals surface area contributed by atoms with E-state index in [9.17, 15) is 28.4 Å². The quantitative estimate of drug-likeness (QED) is 0.166. The molecule has 4 aromatic rings. The maximum Gasteiger partial charge on any atom is 0.272 e. The van der Waals surface area contributed by atoms with Crippen LogP contribution in [0.3, 0.4) is 0 Å². The average molecular weight is 856 g/mol. The largest absolute Gasteiger partial charge is 0.366 e. The summed E-state index contributed by atoms with van der Waals surface area (Å²) in [7, 11) is 7.11. The van der Waals surface area contributed by atoms with Crippen LogP contribution in [-0.2, 0) is 35.8 Å². The minimum atomic E-state index is -0.881. The second kappa shape index (κ2) is 19.4. The maximum atomic E-state index is 14.1. The van der Waals surface area contributed by atoms with Gasteiger partial charge in [0.25, 0.3) is 17.7 Å². The van der Waals surface area contributed by atoms with Crippen LogP contribution in [0.4, 0.5) is 4.39 Å². The highest BCUT2D eigenvalue weighted by molar-refractivity contribution is 5.99. The molecule has 62 heavy (non-hydrogen) atoms. The number of nitrogens with one attached hydrogen (secondary N) is 4. The lowest BCUT2D eigenvalue weighted by atomic mass is 9.86. The standard InChI is InChI=1S/C23H31FN6O3.C22H31N5O2/c1-23(2,3)18(22(33)26-4)28-21(32)17-16-12-29(5)9-6-10-30(16)20(27-17)13-7-8-15(24)14(11-13)19(25)31;1-22(2,3)18(21(29)23-4)25-20(28)17-16-14-26(5)12-9-13-27(16)19(24-17)15-10-7-6-8-11-15/h7-8,11,18H,6,9-10,12H2,1-5H3,(H2,25,31)(H,26,33)(H,28,32);6-8,10-11,18H,9,12-14H2,1-5H3,(H,23,29)(H,25,28)/t2*18-/m11/s1. The Morgan fingerprint density at radius 3 is 1.50 bits per heavy atom. The molecular formula is C45H62FN11O5. The summed E-state index contributed by atoms with van der Waals surface area (Å²) in [6.45, 7) is 15.7. The van der Waals surface area contributed by atoms with E-state index in [1.165, 1.54) is 25.2 Å². The van der Waals surface area contributed by atoms with Crippen molar-refractivity contribution < 1.29 is 28.4 Å². The van der Waals surface area contributed by atoms with Crippen molar-refractivity contribution in [3.05, 3.63) is 82.7 Å². The first-order valence-corrected chi connectivity index (χ1v) is 20.9. The molecule has 0 saturated heterocycles. The van der Waals surface area contributed by atoms with E-state index in [0.29, 0.717) is 42.4 Å². The predicted octanol–water partition coefficient (Wildman–Crippen LogP) is 3.79. The van der Waals surface area contributed by atoms with Gasteiger partial charge in [-0.05, 0) is 69.1 Å². The van der Waals surface area contributed by atoms with Gasteiger partial charge in [-0.1, -0.05) is 71.9 Å². The fourth-order valence-corrected chi connectivity index (χ4v) is 7.73. The number of fused-ring (bicyclic) bond motifs is 2. The molecule has 2 aromatic heterocycles. The Hall–Kier alpha value is -5.94. The number of hydrogen-bond donors (Lipinski definition) is 5. The number of aromatic nitrogens is 4. The molecular weight excluding hydrogens is 794 g/mol. The number of imidazole rings is 2. The monoisotopic (exact) mass is 855 g/mol. The highest BCUT2D eigenvalue weighted by Gasteiger charge is 2.36. The Morgan fingerprint density at radius 2 is 1.10 bits per heavy atom. The molecule has 16 nitrogen and oxygen atoms in total. The summed E-state index contributed by atoms with van der Waals surface area (Å²) in [5.74, 6) is -1.65. The zero-order valence-electron chi connectivity index (χ0n) is 37.6. The van der Waals surface area contributed by atoms with E-state index >= 15 is 0 Å². The number of nitrogens with zero attached hydrogens (tertiary/aromatic N) is 6. The fraction of sp³-hybridized carbons (Fsp3) is 0.489. The smallest absolute Gasteiger partial charge is 0.272 e. The van der Waals surface area contributed by atoms with Crippen molar-refractivity contribution in [3.63, 3.8) is 0 Å². The number of carbonyl (C=O) groups is 5.